The molecule has 0 saturated carbocycles. The molecule has 27 heavy (non-hydrogen) atoms. The summed E-state index contributed by atoms with van der Waals surface area (Å²) in [5.41, 5.74) is 6.73. The summed E-state index contributed by atoms with van der Waals surface area (Å²) in [6.45, 7) is 0. The molecule has 0 heterocycles. The van der Waals surface area contributed by atoms with Gasteiger partial charge in [0.15, 0.2) is 0 Å². The van der Waals surface area contributed by atoms with Crippen LogP contribution in [0.1, 0.15) is 22.6 Å². The van der Waals surface area contributed by atoms with Crippen LogP contribution in [0.5, 0.6) is 0 Å². The fourth-order valence-electron chi connectivity index (χ4n) is 3.43. The molecular weight excluding hydrogens is 342 g/mol. The van der Waals surface area contributed by atoms with E-state index in [1.807, 2.05) is 48.5 Å². The van der Waals surface area contributed by atoms with E-state index in [9.17, 15) is 14.9 Å². The van der Waals surface area contributed by atoms with Gasteiger partial charge in [-0.2, -0.15) is 5.10 Å². The number of rotatable bonds is 4. The van der Waals surface area contributed by atoms with Crippen LogP contribution >= 0.6 is 0 Å². The van der Waals surface area contributed by atoms with Gasteiger partial charge in [0.25, 0.3) is 11.6 Å². The summed E-state index contributed by atoms with van der Waals surface area (Å²) >= 11 is 0. The molecule has 0 atom stereocenters. The van der Waals surface area contributed by atoms with E-state index >= 15 is 0 Å². The van der Waals surface area contributed by atoms with E-state index in [4.69, 9.17) is 0 Å². The second-order valence-corrected chi connectivity index (χ2v) is 6.16. The summed E-state index contributed by atoms with van der Waals surface area (Å²) in [4.78, 5) is 23.4. The maximum Gasteiger partial charge on any atom is 0.278 e. The maximum absolute atomic E-state index is 12.8. The van der Waals surface area contributed by atoms with Crippen LogP contribution in [-0.4, -0.2) is 17.0 Å². The predicted molar refractivity (Wildman–Crippen MR) is 103 cm³/mol. The van der Waals surface area contributed by atoms with Crippen molar-refractivity contribution in [2.24, 2.45) is 5.10 Å². The highest BCUT2D eigenvalue weighted by Gasteiger charge is 2.33. The van der Waals surface area contributed by atoms with E-state index in [0.717, 1.165) is 22.3 Å². The van der Waals surface area contributed by atoms with E-state index in [1.54, 1.807) is 18.2 Å². The Labute approximate surface area is 155 Å². The summed E-state index contributed by atoms with van der Waals surface area (Å²) < 4.78 is 0. The molecule has 0 radical (unpaired) electrons. The summed E-state index contributed by atoms with van der Waals surface area (Å²) in [7, 11) is 0. The van der Waals surface area contributed by atoms with Crippen LogP contribution in [0.25, 0.3) is 11.1 Å². The Morgan fingerprint density at radius 3 is 2.11 bits per heavy atom. The number of nitrogens with one attached hydrogen (secondary N) is 1. The fraction of sp³-hybridized carbons (Fsp3) is 0.0476. The normalized spacial score (nSPS) is 12.6. The van der Waals surface area contributed by atoms with Crippen molar-refractivity contribution in [3.8, 4) is 11.1 Å². The average Bonchev–Trinajstić information content (AvgIpc) is 3.03. The number of para-hydroxylation sites is 1. The summed E-state index contributed by atoms with van der Waals surface area (Å²) in [5.74, 6) is -0.734. The molecule has 0 unspecified atom stereocenters. The molecule has 1 N–H and O–H groups in total. The predicted octanol–water partition coefficient (Wildman–Crippen LogP) is 3.86. The molecule has 0 fully saturated rings. The van der Waals surface area contributed by atoms with Crippen LogP contribution in [0.4, 0.5) is 5.69 Å². The summed E-state index contributed by atoms with van der Waals surface area (Å²) in [6, 6.07) is 21.8. The van der Waals surface area contributed by atoms with Crippen LogP contribution in [-0.2, 0) is 4.79 Å². The molecule has 3 aromatic carbocycles. The number of benzene rings is 3. The number of carbonyl (C=O) groups is 1. The van der Waals surface area contributed by atoms with Gasteiger partial charge in [0.1, 0.15) is 0 Å². The lowest BCUT2D eigenvalue weighted by Crippen LogP contribution is -2.25. The first-order valence-corrected chi connectivity index (χ1v) is 8.41. The van der Waals surface area contributed by atoms with Crippen molar-refractivity contribution in [3.63, 3.8) is 0 Å². The van der Waals surface area contributed by atoms with Crippen molar-refractivity contribution in [2.75, 3.05) is 0 Å². The number of fused-ring (bicyclic) bond motifs is 3. The van der Waals surface area contributed by atoms with E-state index in [1.165, 1.54) is 12.3 Å². The van der Waals surface area contributed by atoms with Gasteiger partial charge in [-0.3, -0.25) is 14.9 Å². The molecule has 6 heteroatoms. The lowest BCUT2D eigenvalue weighted by atomic mass is 9.96. The minimum absolute atomic E-state index is 0.0629. The SMILES string of the molecule is O=C(NN=Cc1ccccc1[N+](=O)[O-])C1c2ccccc2-c2ccccc21. The maximum atomic E-state index is 12.8. The molecule has 4 rings (SSSR count). The van der Waals surface area contributed by atoms with Crippen molar-refractivity contribution >= 4 is 17.8 Å². The Morgan fingerprint density at radius 2 is 1.48 bits per heavy atom. The second-order valence-electron chi connectivity index (χ2n) is 6.16. The minimum Gasteiger partial charge on any atom is -0.272 e. The van der Waals surface area contributed by atoms with Crippen molar-refractivity contribution < 1.29 is 9.72 Å². The molecule has 0 saturated heterocycles. The third-order valence-corrected chi connectivity index (χ3v) is 4.61. The van der Waals surface area contributed by atoms with Crippen molar-refractivity contribution in [2.45, 2.75) is 5.92 Å². The minimum atomic E-state index is -0.480. The van der Waals surface area contributed by atoms with Crippen LogP contribution in [0.2, 0.25) is 0 Å². The fourth-order valence-corrected chi connectivity index (χ4v) is 3.43. The first-order chi connectivity index (χ1) is 13.2. The zero-order valence-electron chi connectivity index (χ0n) is 14.2. The third kappa shape index (κ3) is 2.97. The van der Waals surface area contributed by atoms with Crippen molar-refractivity contribution in [3.05, 3.63) is 99.6 Å². The Hall–Kier alpha value is -3.80. The summed E-state index contributed by atoms with van der Waals surface area (Å²) in [5, 5.41) is 15.0. The number of hydrogen-bond acceptors (Lipinski definition) is 4. The smallest absolute Gasteiger partial charge is 0.272 e. The zero-order chi connectivity index (χ0) is 18.8. The third-order valence-electron chi connectivity index (χ3n) is 4.61. The summed E-state index contributed by atoms with van der Waals surface area (Å²) in [6.07, 6.45) is 1.29. The Kier molecular flexibility index (Phi) is 4.22. The van der Waals surface area contributed by atoms with Gasteiger partial charge in [-0.1, -0.05) is 60.7 Å². The monoisotopic (exact) mass is 357 g/mol. The molecule has 0 aromatic heterocycles. The molecule has 1 aliphatic carbocycles. The number of hydrogen-bond donors (Lipinski definition) is 1. The molecule has 1 amide bonds. The standard InChI is InChI=1S/C21H15N3O3/c25-21(23-22-13-14-7-1-6-12-19(14)24(26)27)20-17-10-4-2-8-15(17)16-9-3-5-11-18(16)20/h1-13,20H,(H,23,25). The second kappa shape index (κ2) is 6.84. The highest BCUT2D eigenvalue weighted by atomic mass is 16.6. The van der Waals surface area contributed by atoms with Gasteiger partial charge in [0.2, 0.25) is 0 Å². The van der Waals surface area contributed by atoms with Crippen LogP contribution in [0.15, 0.2) is 77.9 Å². The van der Waals surface area contributed by atoms with Crippen molar-refractivity contribution in [1.82, 2.24) is 5.43 Å². The molecule has 132 valence electrons. The van der Waals surface area contributed by atoms with Crippen LogP contribution in [0, 0.1) is 10.1 Å². The van der Waals surface area contributed by atoms with Gasteiger partial charge in [0, 0.05) is 6.07 Å². The first-order valence-electron chi connectivity index (χ1n) is 8.41. The van der Waals surface area contributed by atoms with E-state index in [2.05, 4.69) is 10.5 Å². The molecule has 0 aliphatic heterocycles. The zero-order valence-corrected chi connectivity index (χ0v) is 14.2. The van der Waals surface area contributed by atoms with Gasteiger partial charge in [0.05, 0.1) is 22.6 Å². The Morgan fingerprint density at radius 1 is 0.926 bits per heavy atom. The van der Waals surface area contributed by atoms with Gasteiger partial charge in [-0.25, -0.2) is 5.43 Å². The van der Waals surface area contributed by atoms with Gasteiger partial charge in [-0.15, -0.1) is 0 Å². The Balaban J connectivity index is 1.60. The quantitative estimate of drug-likeness (QED) is 0.437. The van der Waals surface area contributed by atoms with Gasteiger partial charge < -0.3 is 0 Å². The largest absolute Gasteiger partial charge is 0.278 e. The molecule has 0 spiro atoms. The molecular formula is C21H15N3O3. The number of hydrazone groups is 1. The average molecular weight is 357 g/mol. The number of carbonyl (C=O) groups excluding carboxylic acids is 1. The molecule has 0 bridgehead atoms. The highest BCUT2D eigenvalue weighted by Crippen LogP contribution is 2.44. The lowest BCUT2D eigenvalue weighted by Gasteiger charge is -2.11. The first kappa shape index (κ1) is 16.7. The number of nitro benzene ring substituents is 1. The Bertz CT molecular complexity index is 1030. The van der Waals surface area contributed by atoms with Crippen LogP contribution < -0.4 is 5.43 Å². The van der Waals surface area contributed by atoms with Crippen molar-refractivity contribution in [1.29, 1.82) is 0 Å². The van der Waals surface area contributed by atoms with E-state index in [0.29, 0.717) is 5.56 Å². The molecule has 6 nitrogen and oxygen atoms in total. The van der Waals surface area contributed by atoms with Gasteiger partial charge in [-0.05, 0) is 28.3 Å². The van der Waals surface area contributed by atoms with E-state index < -0.39 is 10.8 Å². The van der Waals surface area contributed by atoms with Crippen LogP contribution in [0.3, 0.4) is 0 Å². The number of amides is 1. The number of nitrogens with zero attached hydrogens (tertiary/aromatic N) is 2. The highest BCUT2D eigenvalue weighted by molar-refractivity contribution is 5.96. The van der Waals surface area contributed by atoms with Gasteiger partial charge >= 0.3 is 0 Å². The van der Waals surface area contributed by atoms with E-state index in [-0.39, 0.29) is 11.6 Å². The number of nitro groups is 1. The topological polar surface area (TPSA) is 84.6 Å². The molecule has 1 aliphatic rings. The molecule has 3 aromatic rings. The lowest BCUT2D eigenvalue weighted by molar-refractivity contribution is -0.385.